The number of carbonyl (C=O) groups excluding carboxylic acids is 1. The van der Waals surface area contributed by atoms with Crippen LogP contribution in [0, 0.1) is 17.8 Å². The highest BCUT2D eigenvalue weighted by atomic mass is 35.5. The summed E-state index contributed by atoms with van der Waals surface area (Å²) in [6, 6.07) is 7.09. The number of hydrogen-bond donors (Lipinski definition) is 1. The molecule has 1 aromatic rings. The van der Waals surface area contributed by atoms with Crippen LogP contribution in [0.5, 0.6) is 0 Å². The van der Waals surface area contributed by atoms with Gasteiger partial charge in [-0.15, -0.1) is 0 Å². The highest BCUT2D eigenvalue weighted by Gasteiger charge is 2.33. The molecule has 0 aromatic heterocycles. The molecule has 0 spiro atoms. The zero-order valence-corrected chi connectivity index (χ0v) is 13.7. The number of benzene rings is 1. The molecule has 1 aromatic carbocycles. The Bertz CT molecular complexity index is 489. The first-order valence-electron chi connectivity index (χ1n) is 7.69. The Morgan fingerprint density at radius 1 is 1.38 bits per heavy atom. The summed E-state index contributed by atoms with van der Waals surface area (Å²) >= 11 is 5.91. The van der Waals surface area contributed by atoms with Crippen LogP contribution < -0.4 is 5.32 Å². The number of carbonyl (C=O) groups is 1. The van der Waals surface area contributed by atoms with E-state index in [4.69, 9.17) is 16.3 Å². The molecule has 1 fully saturated rings. The summed E-state index contributed by atoms with van der Waals surface area (Å²) < 4.78 is 5.69. The Morgan fingerprint density at radius 3 is 2.81 bits per heavy atom. The van der Waals surface area contributed by atoms with Gasteiger partial charge in [-0.2, -0.15) is 0 Å². The van der Waals surface area contributed by atoms with Crippen LogP contribution >= 0.6 is 11.6 Å². The van der Waals surface area contributed by atoms with Gasteiger partial charge in [-0.3, -0.25) is 5.32 Å². The molecule has 0 aliphatic heterocycles. The summed E-state index contributed by atoms with van der Waals surface area (Å²) in [5, 5.41) is 3.36. The van der Waals surface area contributed by atoms with Crippen LogP contribution in [0.3, 0.4) is 0 Å². The van der Waals surface area contributed by atoms with Crippen LogP contribution in [0.25, 0.3) is 0 Å². The first kappa shape index (κ1) is 16.2. The molecular weight excluding hydrogens is 286 g/mol. The SMILES string of the molecule is CC(C)[C@H]1CC[C@H](C)C[C@H]1OC(=O)Nc1cccc(Cl)c1. The van der Waals surface area contributed by atoms with E-state index < -0.39 is 0 Å². The minimum absolute atomic E-state index is 0.00735. The lowest BCUT2D eigenvalue weighted by atomic mass is 9.75. The smallest absolute Gasteiger partial charge is 0.411 e. The van der Waals surface area contributed by atoms with E-state index in [0.717, 1.165) is 12.8 Å². The number of anilines is 1. The molecule has 0 saturated heterocycles. The van der Waals surface area contributed by atoms with Gasteiger partial charge in [-0.1, -0.05) is 44.9 Å². The third-order valence-corrected chi connectivity index (χ3v) is 4.53. The standard InChI is InChI=1S/C17H24ClNO2/c1-11(2)15-8-7-12(3)9-16(15)21-17(20)19-14-6-4-5-13(18)10-14/h4-6,10-12,15-16H,7-9H2,1-3H3,(H,19,20)/t12-,15+,16+/m0/s1. The number of hydrogen-bond acceptors (Lipinski definition) is 2. The lowest BCUT2D eigenvalue weighted by Gasteiger charge is -2.36. The summed E-state index contributed by atoms with van der Waals surface area (Å²) in [7, 11) is 0. The fourth-order valence-electron chi connectivity index (χ4n) is 3.10. The fourth-order valence-corrected chi connectivity index (χ4v) is 3.29. The monoisotopic (exact) mass is 309 g/mol. The second-order valence-corrected chi connectivity index (χ2v) is 6.84. The first-order valence-corrected chi connectivity index (χ1v) is 8.06. The molecule has 0 heterocycles. The average Bonchev–Trinajstić information content (AvgIpc) is 2.38. The number of halogens is 1. The van der Waals surface area contributed by atoms with Gasteiger partial charge in [0.2, 0.25) is 0 Å². The zero-order valence-electron chi connectivity index (χ0n) is 12.9. The van der Waals surface area contributed by atoms with Gasteiger partial charge in [-0.25, -0.2) is 4.79 Å². The lowest BCUT2D eigenvalue weighted by Crippen LogP contribution is -2.36. The molecule has 4 heteroatoms. The molecule has 0 radical (unpaired) electrons. The predicted molar refractivity (Wildman–Crippen MR) is 86.7 cm³/mol. The maximum absolute atomic E-state index is 12.1. The topological polar surface area (TPSA) is 38.3 Å². The van der Waals surface area contributed by atoms with Crippen molar-refractivity contribution in [3.05, 3.63) is 29.3 Å². The largest absolute Gasteiger partial charge is 0.446 e. The van der Waals surface area contributed by atoms with Crippen molar-refractivity contribution in [2.45, 2.75) is 46.1 Å². The molecule has 3 atom stereocenters. The predicted octanol–water partition coefficient (Wildman–Crippen LogP) is 5.35. The van der Waals surface area contributed by atoms with Crippen molar-refractivity contribution in [3.8, 4) is 0 Å². The quantitative estimate of drug-likeness (QED) is 0.817. The van der Waals surface area contributed by atoms with Crippen molar-refractivity contribution in [3.63, 3.8) is 0 Å². The van der Waals surface area contributed by atoms with Crippen molar-refractivity contribution in [1.82, 2.24) is 0 Å². The minimum atomic E-state index is -0.387. The molecule has 0 unspecified atom stereocenters. The van der Waals surface area contributed by atoms with Crippen LogP contribution in [0.1, 0.15) is 40.0 Å². The molecule has 1 saturated carbocycles. The number of rotatable bonds is 3. The molecule has 2 rings (SSSR count). The molecule has 1 aliphatic rings. The maximum atomic E-state index is 12.1. The highest BCUT2D eigenvalue weighted by Crippen LogP contribution is 2.35. The molecule has 0 bridgehead atoms. The van der Waals surface area contributed by atoms with Gasteiger partial charge < -0.3 is 4.74 Å². The van der Waals surface area contributed by atoms with E-state index in [1.54, 1.807) is 24.3 Å². The summed E-state index contributed by atoms with van der Waals surface area (Å²) in [4.78, 5) is 12.1. The van der Waals surface area contributed by atoms with Crippen molar-refractivity contribution >= 4 is 23.4 Å². The molecular formula is C17H24ClNO2. The van der Waals surface area contributed by atoms with Gasteiger partial charge >= 0.3 is 6.09 Å². The van der Waals surface area contributed by atoms with Gasteiger partial charge in [-0.05, 0) is 48.8 Å². The third-order valence-electron chi connectivity index (χ3n) is 4.29. The normalized spacial score (nSPS) is 25.7. The van der Waals surface area contributed by atoms with E-state index in [1.807, 2.05) is 0 Å². The van der Waals surface area contributed by atoms with Crippen LogP contribution in [0.2, 0.25) is 5.02 Å². The Balaban J connectivity index is 1.96. The maximum Gasteiger partial charge on any atom is 0.411 e. The first-order chi connectivity index (χ1) is 9.95. The van der Waals surface area contributed by atoms with E-state index in [9.17, 15) is 4.79 Å². The summed E-state index contributed by atoms with van der Waals surface area (Å²) in [5.74, 6) is 1.59. The summed E-state index contributed by atoms with van der Waals surface area (Å²) in [6.07, 6.45) is 2.92. The van der Waals surface area contributed by atoms with Crippen molar-refractivity contribution < 1.29 is 9.53 Å². The van der Waals surface area contributed by atoms with Gasteiger partial charge in [0.1, 0.15) is 6.10 Å². The van der Waals surface area contributed by atoms with E-state index in [0.29, 0.717) is 28.5 Å². The summed E-state index contributed by atoms with van der Waals surface area (Å²) in [6.45, 7) is 6.62. The van der Waals surface area contributed by atoms with Gasteiger partial charge in [0.05, 0.1) is 0 Å². The zero-order chi connectivity index (χ0) is 15.4. The Kier molecular flexibility index (Phi) is 5.51. The highest BCUT2D eigenvalue weighted by molar-refractivity contribution is 6.30. The third kappa shape index (κ3) is 4.63. The van der Waals surface area contributed by atoms with Crippen molar-refractivity contribution in [1.29, 1.82) is 0 Å². The average molecular weight is 310 g/mol. The van der Waals surface area contributed by atoms with Gasteiger partial charge in [0, 0.05) is 10.7 Å². The Morgan fingerprint density at radius 2 is 2.14 bits per heavy atom. The summed E-state index contributed by atoms with van der Waals surface area (Å²) in [5.41, 5.74) is 0.664. The van der Waals surface area contributed by atoms with E-state index >= 15 is 0 Å². The fraction of sp³-hybridized carbons (Fsp3) is 0.588. The molecule has 1 aliphatic carbocycles. The molecule has 3 nitrogen and oxygen atoms in total. The molecule has 21 heavy (non-hydrogen) atoms. The Hall–Kier alpha value is -1.22. The van der Waals surface area contributed by atoms with Crippen LogP contribution in [0.4, 0.5) is 10.5 Å². The molecule has 1 N–H and O–H groups in total. The lowest BCUT2D eigenvalue weighted by molar-refractivity contribution is 0.0126. The second kappa shape index (κ2) is 7.17. The number of amides is 1. The number of nitrogens with one attached hydrogen (secondary N) is 1. The molecule has 1 amide bonds. The van der Waals surface area contributed by atoms with Crippen LogP contribution in [-0.2, 0) is 4.74 Å². The second-order valence-electron chi connectivity index (χ2n) is 6.41. The Labute approximate surface area is 132 Å². The minimum Gasteiger partial charge on any atom is -0.446 e. The van der Waals surface area contributed by atoms with E-state index in [1.165, 1.54) is 6.42 Å². The van der Waals surface area contributed by atoms with Crippen LogP contribution in [-0.4, -0.2) is 12.2 Å². The van der Waals surface area contributed by atoms with Gasteiger partial charge in [0.25, 0.3) is 0 Å². The van der Waals surface area contributed by atoms with Gasteiger partial charge in [0.15, 0.2) is 0 Å². The van der Waals surface area contributed by atoms with E-state index in [-0.39, 0.29) is 12.2 Å². The van der Waals surface area contributed by atoms with Crippen LogP contribution in [0.15, 0.2) is 24.3 Å². The van der Waals surface area contributed by atoms with Crippen molar-refractivity contribution in [2.24, 2.45) is 17.8 Å². The van der Waals surface area contributed by atoms with Crippen molar-refractivity contribution in [2.75, 3.05) is 5.32 Å². The van der Waals surface area contributed by atoms with E-state index in [2.05, 4.69) is 26.1 Å². The number of ether oxygens (including phenoxy) is 1. The molecule has 116 valence electrons.